The van der Waals surface area contributed by atoms with Gasteiger partial charge in [0.1, 0.15) is 11.5 Å². The van der Waals surface area contributed by atoms with Crippen LogP contribution in [0, 0.1) is 5.41 Å². The number of hydrogen-bond acceptors (Lipinski definition) is 5. The molecule has 0 bridgehead atoms. The Morgan fingerprint density at radius 3 is 2.68 bits per heavy atom. The first-order valence-corrected chi connectivity index (χ1v) is 5.88. The number of rotatable bonds is 1. The Bertz CT molecular complexity index is 704. The van der Waals surface area contributed by atoms with Crippen molar-refractivity contribution in [2.75, 3.05) is 5.43 Å². The molecule has 0 atom stereocenters. The van der Waals surface area contributed by atoms with E-state index in [0.717, 1.165) is 4.68 Å². The molecule has 0 saturated carbocycles. The van der Waals surface area contributed by atoms with Crippen LogP contribution in [0.1, 0.15) is 20.8 Å². The molecule has 1 N–H and O–H groups in total. The molecule has 0 unspecified atom stereocenters. The summed E-state index contributed by atoms with van der Waals surface area (Å²) in [5, 5.41) is 0.0892. The molecule has 8 heteroatoms. The summed E-state index contributed by atoms with van der Waals surface area (Å²) in [7, 11) is 0. The van der Waals surface area contributed by atoms with Crippen LogP contribution in [0.5, 0.6) is 0 Å². The molecule has 2 aromatic rings. The van der Waals surface area contributed by atoms with Crippen LogP contribution < -0.4 is 11.0 Å². The Balaban J connectivity index is 2.49. The van der Waals surface area contributed by atoms with E-state index < -0.39 is 11.0 Å². The molecule has 2 aromatic heterocycles. The average Bonchev–Trinajstić information content (AvgIpc) is 2.32. The first-order valence-electron chi connectivity index (χ1n) is 5.50. The van der Waals surface area contributed by atoms with Crippen molar-refractivity contribution < 1.29 is 4.79 Å². The van der Waals surface area contributed by atoms with E-state index in [4.69, 9.17) is 11.6 Å². The molecule has 0 radical (unpaired) electrons. The lowest BCUT2D eigenvalue weighted by molar-refractivity contribution is -0.124. The lowest BCUT2D eigenvalue weighted by Gasteiger charge is -2.18. The van der Waals surface area contributed by atoms with Gasteiger partial charge in [0.2, 0.25) is 5.91 Å². The van der Waals surface area contributed by atoms with Crippen molar-refractivity contribution in [2.45, 2.75) is 20.8 Å². The molecule has 0 aliphatic rings. The van der Waals surface area contributed by atoms with Crippen LogP contribution in [0.15, 0.2) is 17.3 Å². The van der Waals surface area contributed by atoms with Crippen molar-refractivity contribution >= 4 is 28.7 Å². The van der Waals surface area contributed by atoms with Crippen LogP contribution in [-0.4, -0.2) is 25.5 Å². The minimum absolute atomic E-state index is 0.00390. The highest BCUT2D eigenvalue weighted by Crippen LogP contribution is 2.13. The Morgan fingerprint density at radius 1 is 1.37 bits per heavy atom. The normalized spacial score (nSPS) is 11.6. The maximum absolute atomic E-state index is 12.1. The fraction of sp³-hybridized carbons (Fsp3) is 0.364. The molecule has 0 aliphatic carbocycles. The number of carbonyl (C=O) groups excluding carboxylic acids is 1. The molecule has 100 valence electrons. The summed E-state index contributed by atoms with van der Waals surface area (Å²) >= 11 is 5.68. The fourth-order valence-electron chi connectivity index (χ4n) is 1.23. The van der Waals surface area contributed by atoms with Crippen molar-refractivity contribution in [3.05, 3.63) is 28.0 Å². The van der Waals surface area contributed by atoms with E-state index in [9.17, 15) is 9.59 Å². The van der Waals surface area contributed by atoms with E-state index in [1.165, 1.54) is 12.5 Å². The topological polar surface area (TPSA) is 89.8 Å². The minimum Gasteiger partial charge on any atom is -0.273 e. The van der Waals surface area contributed by atoms with E-state index in [0.29, 0.717) is 0 Å². The molecular formula is C11H12ClN5O2. The molecule has 7 nitrogen and oxygen atoms in total. The maximum Gasteiger partial charge on any atom is 0.300 e. The van der Waals surface area contributed by atoms with E-state index in [1.807, 2.05) is 0 Å². The van der Waals surface area contributed by atoms with Crippen LogP contribution in [0.2, 0.25) is 5.15 Å². The van der Waals surface area contributed by atoms with Crippen LogP contribution in [0.25, 0.3) is 11.2 Å². The zero-order chi connectivity index (χ0) is 14.2. The second-order valence-corrected chi connectivity index (χ2v) is 5.36. The lowest BCUT2D eigenvalue weighted by Crippen LogP contribution is -2.39. The van der Waals surface area contributed by atoms with E-state index in [2.05, 4.69) is 20.4 Å². The predicted molar refractivity (Wildman–Crippen MR) is 70.4 cm³/mol. The first kappa shape index (κ1) is 13.4. The van der Waals surface area contributed by atoms with Crippen LogP contribution >= 0.6 is 11.6 Å². The molecule has 19 heavy (non-hydrogen) atoms. The van der Waals surface area contributed by atoms with E-state index in [1.54, 1.807) is 20.8 Å². The molecule has 0 aromatic carbocycles. The number of hydrogen-bond donors (Lipinski definition) is 1. The van der Waals surface area contributed by atoms with Gasteiger partial charge >= 0.3 is 0 Å². The van der Waals surface area contributed by atoms with Gasteiger partial charge in [-0.2, -0.15) is 0 Å². The summed E-state index contributed by atoms with van der Waals surface area (Å²) in [6, 6.07) is 0. The Kier molecular flexibility index (Phi) is 3.23. The quantitative estimate of drug-likeness (QED) is 0.841. The third kappa shape index (κ3) is 2.70. The maximum atomic E-state index is 12.1. The summed E-state index contributed by atoms with van der Waals surface area (Å²) in [4.78, 5) is 35.6. The number of fused-ring (bicyclic) bond motifs is 1. The Morgan fingerprint density at radius 2 is 2.05 bits per heavy atom. The molecule has 1 amide bonds. The first-order chi connectivity index (χ1) is 8.79. The average molecular weight is 282 g/mol. The lowest BCUT2D eigenvalue weighted by atomic mass is 9.96. The van der Waals surface area contributed by atoms with Gasteiger partial charge in [-0.3, -0.25) is 15.0 Å². The van der Waals surface area contributed by atoms with Crippen LogP contribution in [0.4, 0.5) is 0 Å². The molecule has 2 heterocycles. The highest BCUT2D eigenvalue weighted by atomic mass is 35.5. The van der Waals surface area contributed by atoms with Gasteiger partial charge in [0, 0.05) is 5.41 Å². The Hall–Kier alpha value is -2.02. The number of carbonyl (C=O) groups is 1. The highest BCUT2D eigenvalue weighted by Gasteiger charge is 2.22. The molecule has 0 spiro atoms. The standard InChI is InChI=1S/C11H12ClN5O2/c1-11(2,3)10(19)16-17-5-14-8-7(9(17)18)15-6(12)4-13-8/h4-5H,1-3H3,(H,16,19). The van der Waals surface area contributed by atoms with Gasteiger partial charge in [-0.25, -0.2) is 19.6 Å². The van der Waals surface area contributed by atoms with Crippen molar-refractivity contribution in [1.82, 2.24) is 19.6 Å². The van der Waals surface area contributed by atoms with E-state index in [-0.39, 0.29) is 22.2 Å². The van der Waals surface area contributed by atoms with Gasteiger partial charge in [0.25, 0.3) is 5.56 Å². The third-order valence-corrected chi connectivity index (χ3v) is 2.53. The number of halogens is 1. The van der Waals surface area contributed by atoms with Crippen LogP contribution in [0.3, 0.4) is 0 Å². The molecular weight excluding hydrogens is 270 g/mol. The van der Waals surface area contributed by atoms with E-state index >= 15 is 0 Å². The van der Waals surface area contributed by atoms with Crippen molar-refractivity contribution in [2.24, 2.45) is 5.41 Å². The summed E-state index contributed by atoms with van der Waals surface area (Å²) in [5.74, 6) is -0.314. The summed E-state index contributed by atoms with van der Waals surface area (Å²) < 4.78 is 0.973. The number of nitrogens with zero attached hydrogens (tertiary/aromatic N) is 4. The second kappa shape index (κ2) is 4.58. The van der Waals surface area contributed by atoms with Gasteiger partial charge in [0.05, 0.1) is 6.20 Å². The van der Waals surface area contributed by atoms with Gasteiger partial charge < -0.3 is 0 Å². The second-order valence-electron chi connectivity index (χ2n) is 4.98. The summed E-state index contributed by atoms with van der Waals surface area (Å²) in [6.07, 6.45) is 2.49. The zero-order valence-electron chi connectivity index (χ0n) is 10.6. The predicted octanol–water partition coefficient (Wildman–Crippen LogP) is 0.956. The largest absolute Gasteiger partial charge is 0.300 e. The van der Waals surface area contributed by atoms with Gasteiger partial charge in [-0.1, -0.05) is 32.4 Å². The minimum atomic E-state index is -0.631. The monoisotopic (exact) mass is 281 g/mol. The van der Waals surface area contributed by atoms with Crippen LogP contribution in [-0.2, 0) is 4.79 Å². The highest BCUT2D eigenvalue weighted by molar-refractivity contribution is 6.29. The van der Waals surface area contributed by atoms with Gasteiger partial charge in [-0.15, -0.1) is 0 Å². The number of amides is 1. The fourth-order valence-corrected chi connectivity index (χ4v) is 1.37. The molecule has 2 rings (SSSR count). The third-order valence-electron chi connectivity index (χ3n) is 2.34. The van der Waals surface area contributed by atoms with Crippen molar-refractivity contribution in [1.29, 1.82) is 0 Å². The van der Waals surface area contributed by atoms with Crippen molar-refractivity contribution in [3.63, 3.8) is 0 Å². The molecule has 0 aliphatic heterocycles. The molecule has 0 fully saturated rings. The van der Waals surface area contributed by atoms with Gasteiger partial charge in [-0.05, 0) is 0 Å². The Labute approximate surface area is 113 Å². The SMILES string of the molecule is CC(C)(C)C(=O)Nn1cnc2ncc(Cl)nc2c1=O. The van der Waals surface area contributed by atoms with Crippen molar-refractivity contribution in [3.8, 4) is 0 Å². The number of nitrogens with one attached hydrogen (secondary N) is 1. The molecule has 0 saturated heterocycles. The summed E-state index contributed by atoms with van der Waals surface area (Å²) in [6.45, 7) is 5.20. The number of aromatic nitrogens is 4. The van der Waals surface area contributed by atoms with Gasteiger partial charge in [0.15, 0.2) is 11.2 Å². The zero-order valence-corrected chi connectivity index (χ0v) is 11.4. The summed E-state index contributed by atoms with van der Waals surface area (Å²) in [5.41, 5.74) is 1.47. The smallest absolute Gasteiger partial charge is 0.273 e.